The third kappa shape index (κ3) is 6.01. The number of carbonyl (C=O) groups is 2. The lowest BCUT2D eigenvalue weighted by Crippen LogP contribution is -2.32. The molecule has 1 rings (SSSR count). The number of rotatable bonds is 8. The molecule has 0 spiro atoms. The molecule has 1 aromatic carbocycles. The van der Waals surface area contributed by atoms with Crippen molar-refractivity contribution < 1.29 is 14.7 Å². The Balaban J connectivity index is 2.48. The second-order valence-electron chi connectivity index (χ2n) is 4.43. The fraction of sp³-hybridized carbons (Fsp3) is 0.429. The van der Waals surface area contributed by atoms with Crippen LogP contribution in [0.15, 0.2) is 30.3 Å². The van der Waals surface area contributed by atoms with Gasteiger partial charge in [-0.25, -0.2) is 0 Å². The molecule has 0 aliphatic heterocycles. The van der Waals surface area contributed by atoms with E-state index in [4.69, 9.17) is 10.8 Å². The van der Waals surface area contributed by atoms with Crippen molar-refractivity contribution in [3.8, 4) is 0 Å². The third-order valence-corrected chi connectivity index (χ3v) is 2.86. The van der Waals surface area contributed by atoms with Gasteiger partial charge in [0.05, 0.1) is 6.42 Å². The molecule has 0 heterocycles. The minimum Gasteiger partial charge on any atom is -0.481 e. The molecule has 1 unspecified atom stereocenters. The molecular formula is C14H20N2O3. The van der Waals surface area contributed by atoms with Gasteiger partial charge in [0, 0.05) is 12.5 Å². The van der Waals surface area contributed by atoms with E-state index in [0.29, 0.717) is 25.9 Å². The van der Waals surface area contributed by atoms with Crippen molar-refractivity contribution in [2.75, 3.05) is 6.54 Å². The summed E-state index contributed by atoms with van der Waals surface area (Å²) in [7, 11) is 0. The molecule has 5 heteroatoms. The van der Waals surface area contributed by atoms with Crippen LogP contribution in [-0.4, -0.2) is 23.5 Å². The van der Waals surface area contributed by atoms with Crippen molar-refractivity contribution in [2.24, 2.45) is 11.7 Å². The molecule has 0 aliphatic rings. The lowest BCUT2D eigenvalue weighted by Gasteiger charge is -2.14. The topological polar surface area (TPSA) is 92.4 Å². The zero-order valence-electron chi connectivity index (χ0n) is 10.8. The van der Waals surface area contributed by atoms with Gasteiger partial charge < -0.3 is 16.2 Å². The molecule has 4 N–H and O–H groups in total. The number of carbonyl (C=O) groups excluding carboxylic acids is 1. The molecule has 0 radical (unpaired) electrons. The second-order valence-corrected chi connectivity index (χ2v) is 4.43. The summed E-state index contributed by atoms with van der Waals surface area (Å²) in [5.41, 5.74) is 6.38. The Morgan fingerprint density at radius 1 is 1.26 bits per heavy atom. The monoisotopic (exact) mass is 264 g/mol. The smallest absolute Gasteiger partial charge is 0.304 e. The molecule has 1 amide bonds. The summed E-state index contributed by atoms with van der Waals surface area (Å²) in [6.07, 6.45) is 1.00. The van der Waals surface area contributed by atoms with Gasteiger partial charge in [0.1, 0.15) is 0 Å². The summed E-state index contributed by atoms with van der Waals surface area (Å²) in [5.74, 6) is -1.69. The maximum atomic E-state index is 11.9. The molecule has 0 aliphatic carbocycles. The zero-order valence-corrected chi connectivity index (χ0v) is 10.8. The van der Waals surface area contributed by atoms with E-state index in [9.17, 15) is 9.59 Å². The molecular weight excluding hydrogens is 244 g/mol. The lowest BCUT2D eigenvalue weighted by molar-refractivity contribution is -0.141. The average Bonchev–Trinajstić information content (AvgIpc) is 2.41. The van der Waals surface area contributed by atoms with E-state index >= 15 is 0 Å². The molecule has 104 valence electrons. The van der Waals surface area contributed by atoms with Crippen LogP contribution in [0.1, 0.15) is 24.8 Å². The normalized spacial score (nSPS) is 11.8. The van der Waals surface area contributed by atoms with Crippen molar-refractivity contribution in [1.82, 2.24) is 5.32 Å². The molecule has 0 aromatic heterocycles. The van der Waals surface area contributed by atoms with Crippen molar-refractivity contribution in [1.29, 1.82) is 0 Å². The highest BCUT2D eigenvalue weighted by Crippen LogP contribution is 2.11. The van der Waals surface area contributed by atoms with Crippen LogP contribution in [0.5, 0.6) is 0 Å². The van der Waals surface area contributed by atoms with Gasteiger partial charge in [-0.15, -0.1) is 0 Å². The number of amides is 1. The number of hydrogen-bond donors (Lipinski definition) is 3. The van der Waals surface area contributed by atoms with Crippen LogP contribution >= 0.6 is 0 Å². The predicted octanol–water partition coefficient (Wildman–Crippen LogP) is 1.13. The van der Waals surface area contributed by atoms with E-state index in [1.807, 2.05) is 30.3 Å². The van der Waals surface area contributed by atoms with Crippen molar-refractivity contribution in [2.45, 2.75) is 25.8 Å². The maximum Gasteiger partial charge on any atom is 0.304 e. The Hall–Kier alpha value is -1.88. The van der Waals surface area contributed by atoms with Gasteiger partial charge in [0.25, 0.3) is 0 Å². The number of carboxylic acids is 1. The van der Waals surface area contributed by atoms with Crippen LogP contribution < -0.4 is 11.1 Å². The molecule has 0 fully saturated rings. The van der Waals surface area contributed by atoms with Crippen LogP contribution in [0.4, 0.5) is 0 Å². The van der Waals surface area contributed by atoms with Gasteiger partial charge in [0.15, 0.2) is 0 Å². The van der Waals surface area contributed by atoms with Gasteiger partial charge in [0.2, 0.25) is 5.91 Å². The van der Waals surface area contributed by atoms with E-state index in [2.05, 4.69) is 5.32 Å². The quantitative estimate of drug-likeness (QED) is 0.656. The van der Waals surface area contributed by atoms with Gasteiger partial charge >= 0.3 is 5.97 Å². The van der Waals surface area contributed by atoms with Crippen LogP contribution in [0.2, 0.25) is 0 Å². The number of aliphatic carboxylic acids is 1. The predicted molar refractivity (Wildman–Crippen MR) is 72.3 cm³/mol. The van der Waals surface area contributed by atoms with Crippen LogP contribution in [-0.2, 0) is 16.1 Å². The zero-order chi connectivity index (χ0) is 14.1. The summed E-state index contributed by atoms with van der Waals surface area (Å²) in [5, 5.41) is 11.6. The molecule has 0 saturated carbocycles. The fourth-order valence-corrected chi connectivity index (χ4v) is 1.83. The van der Waals surface area contributed by atoms with E-state index in [1.165, 1.54) is 0 Å². The van der Waals surface area contributed by atoms with E-state index < -0.39 is 11.9 Å². The van der Waals surface area contributed by atoms with Gasteiger partial charge in [-0.1, -0.05) is 30.3 Å². The fourth-order valence-electron chi connectivity index (χ4n) is 1.83. The first-order chi connectivity index (χ1) is 9.13. The first-order valence-electron chi connectivity index (χ1n) is 6.37. The first-order valence-corrected chi connectivity index (χ1v) is 6.37. The van der Waals surface area contributed by atoms with Crippen LogP contribution in [0, 0.1) is 5.92 Å². The number of carboxylic acid groups (broad SMARTS) is 1. The SMILES string of the molecule is NCCCC(CC(=O)O)C(=O)NCc1ccccc1. The summed E-state index contributed by atoms with van der Waals surface area (Å²) in [6.45, 7) is 0.875. The average molecular weight is 264 g/mol. The Bertz CT molecular complexity index is 406. The minimum atomic E-state index is -0.961. The van der Waals surface area contributed by atoms with Crippen molar-refractivity contribution >= 4 is 11.9 Å². The van der Waals surface area contributed by atoms with E-state index in [0.717, 1.165) is 5.56 Å². The molecule has 1 atom stereocenters. The van der Waals surface area contributed by atoms with Crippen molar-refractivity contribution in [3.63, 3.8) is 0 Å². The van der Waals surface area contributed by atoms with E-state index in [1.54, 1.807) is 0 Å². The Labute approximate surface area is 112 Å². The van der Waals surface area contributed by atoms with Gasteiger partial charge in [-0.05, 0) is 24.9 Å². The number of benzene rings is 1. The van der Waals surface area contributed by atoms with Crippen LogP contribution in [0.25, 0.3) is 0 Å². The van der Waals surface area contributed by atoms with Gasteiger partial charge in [-0.2, -0.15) is 0 Å². The Morgan fingerprint density at radius 3 is 2.53 bits per heavy atom. The van der Waals surface area contributed by atoms with E-state index in [-0.39, 0.29) is 12.3 Å². The summed E-state index contributed by atoms with van der Waals surface area (Å²) < 4.78 is 0. The Morgan fingerprint density at radius 2 is 1.95 bits per heavy atom. The molecule has 19 heavy (non-hydrogen) atoms. The molecule has 0 bridgehead atoms. The maximum absolute atomic E-state index is 11.9. The minimum absolute atomic E-state index is 0.152. The molecule has 0 saturated heterocycles. The second kappa shape index (κ2) is 8.26. The van der Waals surface area contributed by atoms with Gasteiger partial charge in [-0.3, -0.25) is 9.59 Å². The molecule has 5 nitrogen and oxygen atoms in total. The summed E-state index contributed by atoms with van der Waals surface area (Å²) >= 11 is 0. The third-order valence-electron chi connectivity index (χ3n) is 2.86. The first kappa shape index (κ1) is 15.2. The Kier molecular flexibility index (Phi) is 6.60. The number of nitrogens with two attached hydrogens (primary N) is 1. The number of nitrogens with one attached hydrogen (secondary N) is 1. The lowest BCUT2D eigenvalue weighted by atomic mass is 9.98. The highest BCUT2D eigenvalue weighted by Gasteiger charge is 2.20. The highest BCUT2D eigenvalue weighted by molar-refractivity contribution is 5.83. The van der Waals surface area contributed by atoms with Crippen LogP contribution in [0.3, 0.4) is 0 Å². The number of hydrogen-bond acceptors (Lipinski definition) is 3. The summed E-state index contributed by atoms with van der Waals surface area (Å²) in [6, 6.07) is 9.51. The summed E-state index contributed by atoms with van der Waals surface area (Å²) in [4.78, 5) is 22.7. The van der Waals surface area contributed by atoms with Crippen molar-refractivity contribution in [3.05, 3.63) is 35.9 Å². The standard InChI is InChI=1S/C14H20N2O3/c15-8-4-7-12(9-13(17)18)14(19)16-10-11-5-2-1-3-6-11/h1-3,5-6,12H,4,7-10,15H2,(H,16,19)(H,17,18). The molecule has 1 aromatic rings. The largest absolute Gasteiger partial charge is 0.481 e. The highest BCUT2D eigenvalue weighted by atomic mass is 16.4.